The summed E-state index contributed by atoms with van der Waals surface area (Å²) in [5.41, 5.74) is 7.51. The molecule has 1 atom stereocenters. The van der Waals surface area contributed by atoms with Gasteiger partial charge in [0.05, 0.1) is 18.3 Å². The number of carbonyl (C=O) groups is 1. The van der Waals surface area contributed by atoms with Crippen molar-refractivity contribution in [2.24, 2.45) is 5.73 Å². The van der Waals surface area contributed by atoms with Gasteiger partial charge in [0.15, 0.2) is 0 Å². The molecule has 0 heterocycles. The minimum Gasteiger partial charge on any atom is -0.489 e. The molecule has 1 aromatic rings. The van der Waals surface area contributed by atoms with Crippen LogP contribution in [0.5, 0.6) is 5.75 Å². The summed E-state index contributed by atoms with van der Waals surface area (Å²) in [6, 6.07) is 5.14. The number of amides is 1. The standard InChI is InChI=1S/C15H24N2O3/c1-4-5-12(16)15(18)17-13-7-6-11(2)10-14(13)20-9-8-19-3/h6-7,10,12H,4-5,8-9,16H2,1-3H3,(H,17,18)/t12-/m1/s1. The van der Waals surface area contributed by atoms with E-state index in [0.29, 0.717) is 31.1 Å². The summed E-state index contributed by atoms with van der Waals surface area (Å²) in [7, 11) is 1.62. The maximum absolute atomic E-state index is 12.0. The molecule has 0 saturated carbocycles. The molecule has 20 heavy (non-hydrogen) atoms. The van der Waals surface area contributed by atoms with Gasteiger partial charge in [0.25, 0.3) is 0 Å². The van der Waals surface area contributed by atoms with Crippen LogP contribution in [0.1, 0.15) is 25.3 Å². The first-order chi connectivity index (χ1) is 9.58. The highest BCUT2D eigenvalue weighted by atomic mass is 16.5. The van der Waals surface area contributed by atoms with E-state index in [0.717, 1.165) is 12.0 Å². The van der Waals surface area contributed by atoms with Crippen LogP contribution in [-0.2, 0) is 9.53 Å². The third-order valence-corrected chi connectivity index (χ3v) is 2.88. The van der Waals surface area contributed by atoms with Gasteiger partial charge in [-0.1, -0.05) is 19.4 Å². The maximum Gasteiger partial charge on any atom is 0.241 e. The van der Waals surface area contributed by atoms with Crippen molar-refractivity contribution in [1.29, 1.82) is 0 Å². The van der Waals surface area contributed by atoms with Crippen LogP contribution < -0.4 is 15.8 Å². The zero-order valence-electron chi connectivity index (χ0n) is 12.4. The van der Waals surface area contributed by atoms with Crippen molar-refractivity contribution in [2.45, 2.75) is 32.7 Å². The van der Waals surface area contributed by atoms with E-state index in [1.54, 1.807) is 7.11 Å². The molecule has 0 aliphatic rings. The van der Waals surface area contributed by atoms with E-state index in [2.05, 4.69) is 5.32 Å². The molecular formula is C15H24N2O3. The number of ether oxygens (including phenoxy) is 2. The number of carbonyl (C=O) groups excluding carboxylic acids is 1. The highest BCUT2D eigenvalue weighted by Gasteiger charge is 2.14. The molecule has 1 aromatic carbocycles. The highest BCUT2D eigenvalue weighted by Crippen LogP contribution is 2.26. The molecule has 1 amide bonds. The van der Waals surface area contributed by atoms with Crippen molar-refractivity contribution in [3.8, 4) is 5.75 Å². The number of benzene rings is 1. The lowest BCUT2D eigenvalue weighted by atomic mass is 10.1. The van der Waals surface area contributed by atoms with Crippen molar-refractivity contribution < 1.29 is 14.3 Å². The van der Waals surface area contributed by atoms with Gasteiger partial charge in [-0.25, -0.2) is 0 Å². The van der Waals surface area contributed by atoms with E-state index < -0.39 is 6.04 Å². The molecule has 0 radical (unpaired) electrons. The number of rotatable bonds is 8. The van der Waals surface area contributed by atoms with Crippen LogP contribution >= 0.6 is 0 Å². The summed E-state index contributed by atoms with van der Waals surface area (Å²) in [5, 5.41) is 2.82. The second-order valence-corrected chi connectivity index (χ2v) is 4.73. The largest absolute Gasteiger partial charge is 0.489 e. The van der Waals surface area contributed by atoms with Crippen molar-refractivity contribution in [2.75, 3.05) is 25.6 Å². The molecule has 0 unspecified atom stereocenters. The van der Waals surface area contributed by atoms with Crippen LogP contribution in [0.2, 0.25) is 0 Å². The lowest BCUT2D eigenvalue weighted by Crippen LogP contribution is -2.35. The first-order valence-electron chi connectivity index (χ1n) is 6.87. The molecule has 5 heteroatoms. The number of anilines is 1. The van der Waals surface area contributed by atoms with E-state index in [1.807, 2.05) is 32.0 Å². The number of nitrogens with two attached hydrogens (primary N) is 1. The Labute approximate surface area is 120 Å². The Morgan fingerprint density at radius 2 is 2.15 bits per heavy atom. The average molecular weight is 280 g/mol. The molecule has 5 nitrogen and oxygen atoms in total. The first kappa shape index (κ1) is 16.5. The van der Waals surface area contributed by atoms with E-state index in [4.69, 9.17) is 15.2 Å². The molecule has 0 saturated heterocycles. The minimum atomic E-state index is -0.492. The molecular weight excluding hydrogens is 256 g/mol. The average Bonchev–Trinajstić information content (AvgIpc) is 2.42. The number of nitrogens with one attached hydrogen (secondary N) is 1. The van der Waals surface area contributed by atoms with Gasteiger partial charge in [-0.15, -0.1) is 0 Å². The Balaban J connectivity index is 2.74. The first-order valence-corrected chi connectivity index (χ1v) is 6.87. The molecule has 0 aliphatic heterocycles. The topological polar surface area (TPSA) is 73.6 Å². The summed E-state index contributed by atoms with van der Waals surface area (Å²) in [4.78, 5) is 12.0. The van der Waals surface area contributed by atoms with Crippen LogP contribution in [0.3, 0.4) is 0 Å². The van der Waals surface area contributed by atoms with Gasteiger partial charge in [-0.3, -0.25) is 4.79 Å². The Morgan fingerprint density at radius 1 is 1.40 bits per heavy atom. The normalized spacial score (nSPS) is 12.0. The van der Waals surface area contributed by atoms with Gasteiger partial charge in [-0.05, 0) is 31.0 Å². The van der Waals surface area contributed by atoms with Crippen molar-refractivity contribution >= 4 is 11.6 Å². The van der Waals surface area contributed by atoms with E-state index in [1.165, 1.54) is 0 Å². The quantitative estimate of drug-likeness (QED) is 0.715. The predicted octanol–water partition coefficient (Wildman–Crippen LogP) is 2.09. The Bertz CT molecular complexity index is 435. The molecule has 0 bridgehead atoms. The van der Waals surface area contributed by atoms with Crippen molar-refractivity contribution in [3.63, 3.8) is 0 Å². The van der Waals surface area contributed by atoms with Crippen molar-refractivity contribution in [3.05, 3.63) is 23.8 Å². The number of hydrogen-bond donors (Lipinski definition) is 2. The lowest BCUT2D eigenvalue weighted by molar-refractivity contribution is -0.117. The van der Waals surface area contributed by atoms with Gasteiger partial charge in [0.2, 0.25) is 5.91 Å². The van der Waals surface area contributed by atoms with Crippen LogP contribution in [-0.4, -0.2) is 32.3 Å². The smallest absolute Gasteiger partial charge is 0.241 e. The lowest BCUT2D eigenvalue weighted by Gasteiger charge is -2.15. The fourth-order valence-electron chi connectivity index (χ4n) is 1.75. The van der Waals surface area contributed by atoms with Crippen molar-refractivity contribution in [1.82, 2.24) is 0 Å². The van der Waals surface area contributed by atoms with Crippen LogP contribution in [0.25, 0.3) is 0 Å². The minimum absolute atomic E-state index is 0.188. The Morgan fingerprint density at radius 3 is 2.80 bits per heavy atom. The molecule has 0 fully saturated rings. The second kappa shape index (κ2) is 8.55. The maximum atomic E-state index is 12.0. The van der Waals surface area contributed by atoms with Crippen LogP contribution in [0.4, 0.5) is 5.69 Å². The van der Waals surface area contributed by atoms with Gasteiger partial charge in [0, 0.05) is 7.11 Å². The monoisotopic (exact) mass is 280 g/mol. The Hall–Kier alpha value is -1.59. The molecule has 1 rings (SSSR count). The summed E-state index contributed by atoms with van der Waals surface area (Å²) in [6.45, 7) is 4.90. The van der Waals surface area contributed by atoms with Gasteiger partial charge >= 0.3 is 0 Å². The van der Waals surface area contributed by atoms with E-state index >= 15 is 0 Å². The summed E-state index contributed by atoms with van der Waals surface area (Å²) >= 11 is 0. The molecule has 0 aromatic heterocycles. The van der Waals surface area contributed by atoms with E-state index in [-0.39, 0.29) is 5.91 Å². The molecule has 112 valence electrons. The third-order valence-electron chi connectivity index (χ3n) is 2.88. The number of methoxy groups -OCH3 is 1. The zero-order chi connectivity index (χ0) is 15.0. The molecule has 0 spiro atoms. The molecule has 3 N–H and O–H groups in total. The SMILES string of the molecule is CCC[C@@H](N)C(=O)Nc1ccc(C)cc1OCCOC. The second-order valence-electron chi connectivity index (χ2n) is 4.73. The summed E-state index contributed by atoms with van der Waals surface area (Å²) in [5.74, 6) is 0.450. The number of aryl methyl sites for hydroxylation is 1. The zero-order valence-corrected chi connectivity index (χ0v) is 12.4. The van der Waals surface area contributed by atoms with Crippen LogP contribution in [0, 0.1) is 6.92 Å². The number of hydrogen-bond acceptors (Lipinski definition) is 4. The fourth-order valence-corrected chi connectivity index (χ4v) is 1.75. The van der Waals surface area contributed by atoms with Gasteiger partial charge in [-0.2, -0.15) is 0 Å². The van der Waals surface area contributed by atoms with Gasteiger partial charge < -0.3 is 20.5 Å². The third kappa shape index (κ3) is 5.19. The van der Waals surface area contributed by atoms with E-state index in [9.17, 15) is 4.79 Å². The Kier molecular flexibility index (Phi) is 7.04. The summed E-state index contributed by atoms with van der Waals surface area (Å²) < 4.78 is 10.6. The highest BCUT2D eigenvalue weighted by molar-refractivity contribution is 5.95. The molecule has 0 aliphatic carbocycles. The fraction of sp³-hybridized carbons (Fsp3) is 0.533. The summed E-state index contributed by atoms with van der Waals surface area (Å²) in [6.07, 6.45) is 1.54. The predicted molar refractivity (Wildman–Crippen MR) is 80.1 cm³/mol. The van der Waals surface area contributed by atoms with Crippen LogP contribution in [0.15, 0.2) is 18.2 Å². The van der Waals surface area contributed by atoms with Gasteiger partial charge in [0.1, 0.15) is 12.4 Å².